The van der Waals surface area contributed by atoms with Gasteiger partial charge in [0.1, 0.15) is 10.7 Å². The highest BCUT2D eigenvalue weighted by atomic mass is 35.5. The first kappa shape index (κ1) is 16.0. The fourth-order valence-electron chi connectivity index (χ4n) is 1.78. The molecule has 2 N–H and O–H groups in total. The zero-order valence-electron chi connectivity index (χ0n) is 11.1. The van der Waals surface area contributed by atoms with Crippen molar-refractivity contribution in [2.45, 2.75) is 11.4 Å². The SMILES string of the molecule is CN(Cc1cccc(Cl)c1Cl)S(=O)(=O)c1cccnc1N. The average molecular weight is 346 g/mol. The summed E-state index contributed by atoms with van der Waals surface area (Å²) in [6.45, 7) is 0.0794. The van der Waals surface area contributed by atoms with Crippen LogP contribution in [0.15, 0.2) is 41.4 Å². The number of hydrogen-bond acceptors (Lipinski definition) is 4. The second kappa shape index (κ2) is 6.19. The first-order valence-corrected chi connectivity index (χ1v) is 8.13. The van der Waals surface area contributed by atoms with E-state index in [4.69, 9.17) is 28.9 Å². The largest absolute Gasteiger partial charge is 0.383 e. The molecule has 21 heavy (non-hydrogen) atoms. The molecule has 8 heteroatoms. The van der Waals surface area contributed by atoms with Crippen LogP contribution < -0.4 is 5.73 Å². The number of aromatic nitrogens is 1. The summed E-state index contributed by atoms with van der Waals surface area (Å²) in [5.41, 5.74) is 6.24. The molecular weight excluding hydrogens is 333 g/mol. The summed E-state index contributed by atoms with van der Waals surface area (Å²) >= 11 is 12.0. The van der Waals surface area contributed by atoms with Crippen LogP contribution in [-0.2, 0) is 16.6 Å². The van der Waals surface area contributed by atoms with Crippen molar-refractivity contribution in [2.24, 2.45) is 0 Å². The maximum atomic E-state index is 12.5. The van der Waals surface area contributed by atoms with Crippen molar-refractivity contribution in [1.82, 2.24) is 9.29 Å². The van der Waals surface area contributed by atoms with Crippen LogP contribution >= 0.6 is 23.2 Å². The van der Waals surface area contributed by atoms with Crippen molar-refractivity contribution in [3.05, 3.63) is 52.1 Å². The van der Waals surface area contributed by atoms with Crippen LogP contribution in [0.3, 0.4) is 0 Å². The van der Waals surface area contributed by atoms with Gasteiger partial charge in [-0.25, -0.2) is 13.4 Å². The number of hydrogen-bond donors (Lipinski definition) is 1. The molecule has 1 aromatic carbocycles. The molecular formula is C13H13Cl2N3O2S. The quantitative estimate of drug-likeness (QED) is 0.924. The van der Waals surface area contributed by atoms with Crippen LogP contribution in [0.5, 0.6) is 0 Å². The first-order valence-electron chi connectivity index (χ1n) is 5.93. The van der Waals surface area contributed by atoms with E-state index < -0.39 is 10.0 Å². The summed E-state index contributed by atoms with van der Waals surface area (Å²) in [7, 11) is -2.31. The van der Waals surface area contributed by atoms with Crippen molar-refractivity contribution in [3.63, 3.8) is 0 Å². The molecule has 0 saturated carbocycles. The molecule has 0 radical (unpaired) electrons. The molecule has 2 aromatic rings. The number of rotatable bonds is 4. The lowest BCUT2D eigenvalue weighted by atomic mass is 10.2. The topological polar surface area (TPSA) is 76.3 Å². The third kappa shape index (κ3) is 3.29. The van der Waals surface area contributed by atoms with Crippen LogP contribution in [-0.4, -0.2) is 24.8 Å². The molecule has 0 fully saturated rings. The summed E-state index contributed by atoms with van der Waals surface area (Å²) in [6, 6.07) is 7.99. The highest BCUT2D eigenvalue weighted by Crippen LogP contribution is 2.28. The Balaban J connectivity index is 2.34. The number of anilines is 1. The molecule has 0 aliphatic rings. The fraction of sp³-hybridized carbons (Fsp3) is 0.154. The molecule has 0 amide bonds. The average Bonchev–Trinajstić information content (AvgIpc) is 2.44. The lowest BCUT2D eigenvalue weighted by Crippen LogP contribution is -2.27. The number of pyridine rings is 1. The van der Waals surface area contributed by atoms with E-state index in [0.29, 0.717) is 15.6 Å². The van der Waals surface area contributed by atoms with Gasteiger partial charge in [0.2, 0.25) is 10.0 Å². The summed E-state index contributed by atoms with van der Waals surface area (Å²) in [4.78, 5) is 3.75. The number of nitrogens with two attached hydrogens (primary N) is 1. The minimum atomic E-state index is -3.75. The van der Waals surface area contributed by atoms with Crippen LogP contribution in [0.1, 0.15) is 5.56 Å². The Morgan fingerprint density at radius 2 is 1.95 bits per heavy atom. The molecule has 0 atom stereocenters. The number of nitrogens with zero attached hydrogens (tertiary/aromatic N) is 2. The van der Waals surface area contributed by atoms with E-state index in [-0.39, 0.29) is 17.3 Å². The fourth-order valence-corrected chi connectivity index (χ4v) is 3.38. The second-order valence-electron chi connectivity index (χ2n) is 4.36. The Kier molecular flexibility index (Phi) is 4.73. The Labute approximate surface area is 133 Å². The predicted molar refractivity (Wildman–Crippen MR) is 83.8 cm³/mol. The van der Waals surface area contributed by atoms with Gasteiger partial charge in [0.25, 0.3) is 0 Å². The molecule has 0 spiro atoms. The molecule has 1 aromatic heterocycles. The van der Waals surface area contributed by atoms with Gasteiger partial charge < -0.3 is 5.73 Å². The van der Waals surface area contributed by atoms with Gasteiger partial charge in [-0.1, -0.05) is 35.3 Å². The maximum absolute atomic E-state index is 12.5. The zero-order chi connectivity index (χ0) is 15.6. The summed E-state index contributed by atoms with van der Waals surface area (Å²) in [6.07, 6.45) is 1.43. The van der Waals surface area contributed by atoms with Crippen molar-refractivity contribution in [3.8, 4) is 0 Å². The van der Waals surface area contributed by atoms with E-state index in [2.05, 4.69) is 4.98 Å². The van der Waals surface area contributed by atoms with E-state index in [1.165, 1.54) is 25.4 Å². The van der Waals surface area contributed by atoms with Gasteiger partial charge >= 0.3 is 0 Å². The molecule has 0 bridgehead atoms. The summed E-state index contributed by atoms with van der Waals surface area (Å²) in [5.74, 6) is -0.0402. The summed E-state index contributed by atoms with van der Waals surface area (Å²) in [5, 5.41) is 0.709. The normalized spacial score (nSPS) is 11.8. The van der Waals surface area contributed by atoms with Gasteiger partial charge in [-0.2, -0.15) is 4.31 Å². The molecule has 0 aliphatic carbocycles. The van der Waals surface area contributed by atoms with E-state index in [9.17, 15) is 8.42 Å². The number of sulfonamides is 1. The van der Waals surface area contributed by atoms with Crippen LogP contribution in [0, 0.1) is 0 Å². The van der Waals surface area contributed by atoms with Crippen LogP contribution in [0.25, 0.3) is 0 Å². The molecule has 5 nitrogen and oxygen atoms in total. The van der Waals surface area contributed by atoms with Crippen molar-refractivity contribution in [2.75, 3.05) is 12.8 Å². The molecule has 0 aliphatic heterocycles. The molecule has 0 saturated heterocycles. The van der Waals surface area contributed by atoms with Gasteiger partial charge in [0.05, 0.1) is 10.0 Å². The highest BCUT2D eigenvalue weighted by Gasteiger charge is 2.24. The van der Waals surface area contributed by atoms with Gasteiger partial charge in [-0.3, -0.25) is 0 Å². The Bertz CT molecular complexity index is 766. The van der Waals surface area contributed by atoms with Gasteiger partial charge in [-0.15, -0.1) is 0 Å². The van der Waals surface area contributed by atoms with E-state index >= 15 is 0 Å². The Morgan fingerprint density at radius 3 is 2.62 bits per heavy atom. The number of nitrogen functional groups attached to an aromatic ring is 1. The maximum Gasteiger partial charge on any atom is 0.246 e. The van der Waals surface area contributed by atoms with Crippen molar-refractivity contribution < 1.29 is 8.42 Å². The third-order valence-electron chi connectivity index (χ3n) is 2.91. The van der Waals surface area contributed by atoms with Gasteiger partial charge in [0.15, 0.2) is 0 Å². The monoisotopic (exact) mass is 345 g/mol. The Morgan fingerprint density at radius 1 is 1.24 bits per heavy atom. The third-order valence-corrected chi connectivity index (χ3v) is 5.62. The zero-order valence-corrected chi connectivity index (χ0v) is 13.5. The van der Waals surface area contributed by atoms with E-state index in [1.807, 2.05) is 0 Å². The van der Waals surface area contributed by atoms with Gasteiger partial charge in [-0.05, 0) is 23.8 Å². The standard InChI is InChI=1S/C13H13Cl2N3O2S/c1-18(8-9-4-2-5-10(14)12(9)15)21(19,20)11-6-3-7-17-13(11)16/h2-7H,8H2,1H3,(H2,16,17). The number of halogens is 2. The predicted octanol–water partition coefficient (Wildman–Crippen LogP) is 2.79. The lowest BCUT2D eigenvalue weighted by Gasteiger charge is -2.18. The number of benzene rings is 1. The minimum Gasteiger partial charge on any atom is -0.383 e. The minimum absolute atomic E-state index is 0.0364. The Hall–Kier alpha value is -1.34. The second-order valence-corrected chi connectivity index (χ2v) is 7.16. The molecule has 0 unspecified atom stereocenters. The van der Waals surface area contributed by atoms with Crippen LogP contribution in [0.4, 0.5) is 5.82 Å². The smallest absolute Gasteiger partial charge is 0.246 e. The van der Waals surface area contributed by atoms with Crippen molar-refractivity contribution >= 4 is 39.0 Å². The molecule has 2 rings (SSSR count). The van der Waals surface area contributed by atoms with Crippen LogP contribution in [0.2, 0.25) is 10.0 Å². The van der Waals surface area contributed by atoms with Gasteiger partial charge in [0, 0.05) is 19.8 Å². The lowest BCUT2D eigenvalue weighted by molar-refractivity contribution is 0.467. The first-order chi connectivity index (χ1) is 9.84. The van der Waals surface area contributed by atoms with Crippen molar-refractivity contribution in [1.29, 1.82) is 0 Å². The highest BCUT2D eigenvalue weighted by molar-refractivity contribution is 7.89. The molecule has 1 heterocycles. The van der Waals surface area contributed by atoms with E-state index in [1.54, 1.807) is 18.2 Å². The summed E-state index contributed by atoms with van der Waals surface area (Å²) < 4.78 is 26.1. The molecule has 112 valence electrons. The van der Waals surface area contributed by atoms with E-state index in [0.717, 1.165) is 4.31 Å².